The van der Waals surface area contributed by atoms with Crippen LogP contribution in [0.5, 0.6) is 0 Å². The number of hydrogen-bond donors (Lipinski definition) is 1. The number of rotatable bonds is 14. The maximum Gasteiger partial charge on any atom is 0.673 e. The van der Waals surface area contributed by atoms with Gasteiger partial charge in [-0.15, -0.1) is 0 Å². The Labute approximate surface area is 165 Å². The lowest BCUT2D eigenvalue weighted by atomic mass is 10.1. The first-order valence-electron chi connectivity index (χ1n) is 9.98. The molecule has 0 saturated carbocycles. The molecule has 0 saturated heterocycles. The fourth-order valence-electron chi connectivity index (χ4n) is 2.61. The van der Waals surface area contributed by atoms with Crippen LogP contribution >= 0.6 is 0 Å². The Balaban J connectivity index is 0.00000129. The minimum atomic E-state index is -6.00. The fraction of sp³-hybridized carbons (Fsp3) is 0.684. The third-order valence-electron chi connectivity index (χ3n) is 4.03. The van der Waals surface area contributed by atoms with Gasteiger partial charge in [-0.05, 0) is 12.5 Å². The molecule has 1 aromatic heterocycles. The quantitative estimate of drug-likeness (QED) is 0.197. The normalized spacial score (nSPS) is 11.0. The second-order valence-corrected chi connectivity index (χ2v) is 6.69. The summed E-state index contributed by atoms with van der Waals surface area (Å²) in [6, 6.07) is 3.52. The minimum absolute atomic E-state index is 0.408. The summed E-state index contributed by atoms with van der Waals surface area (Å²) in [7, 11) is -6.00. The van der Waals surface area contributed by atoms with Gasteiger partial charge in [-0.25, -0.2) is 0 Å². The first-order valence-corrected chi connectivity index (χ1v) is 9.98. The first-order chi connectivity index (χ1) is 13.2. The fourth-order valence-corrected chi connectivity index (χ4v) is 2.61. The van der Waals surface area contributed by atoms with E-state index in [0.717, 1.165) is 13.0 Å². The molecule has 0 unspecified atom stereocenters. The van der Waals surface area contributed by atoms with Gasteiger partial charge in [0.05, 0.1) is 6.61 Å². The number of carbonyl (C=O) groups is 1. The molecular formula is C19H33BF4N2O2. The van der Waals surface area contributed by atoms with Crippen LogP contribution in [-0.4, -0.2) is 19.8 Å². The van der Waals surface area contributed by atoms with Gasteiger partial charge >= 0.3 is 7.25 Å². The predicted octanol–water partition coefficient (Wildman–Crippen LogP) is 5.27. The summed E-state index contributed by atoms with van der Waals surface area (Å²) in [6.07, 6.45) is 16.9. The largest absolute Gasteiger partial charge is 0.673 e. The highest BCUT2D eigenvalue weighted by molar-refractivity contribution is 6.50. The summed E-state index contributed by atoms with van der Waals surface area (Å²) in [6.45, 7) is 3.50. The molecule has 1 amide bonds. The van der Waals surface area contributed by atoms with Crippen LogP contribution in [0.1, 0.15) is 81.5 Å². The predicted molar refractivity (Wildman–Crippen MR) is 103 cm³/mol. The maximum atomic E-state index is 11.1. The van der Waals surface area contributed by atoms with Gasteiger partial charge in [0.15, 0.2) is 12.4 Å². The van der Waals surface area contributed by atoms with E-state index in [2.05, 4.69) is 6.92 Å². The number of ether oxygens (including phenoxy) is 1. The van der Waals surface area contributed by atoms with Crippen molar-refractivity contribution >= 4 is 13.2 Å². The number of carbonyl (C=O) groups excluding carboxylic acids is 1. The number of pyridine rings is 1. The van der Waals surface area contributed by atoms with Gasteiger partial charge in [0.25, 0.3) is 12.6 Å². The van der Waals surface area contributed by atoms with Crippen molar-refractivity contribution in [2.24, 2.45) is 5.73 Å². The van der Waals surface area contributed by atoms with E-state index in [-0.39, 0.29) is 0 Å². The van der Waals surface area contributed by atoms with Crippen molar-refractivity contribution in [3.63, 3.8) is 0 Å². The molecule has 4 nitrogen and oxygen atoms in total. The highest BCUT2D eigenvalue weighted by Crippen LogP contribution is 2.10. The van der Waals surface area contributed by atoms with Crippen molar-refractivity contribution in [1.82, 2.24) is 0 Å². The zero-order valence-electron chi connectivity index (χ0n) is 16.7. The summed E-state index contributed by atoms with van der Waals surface area (Å²) in [4.78, 5) is 11.1. The molecule has 0 fully saturated rings. The Hall–Kier alpha value is -1.64. The molecule has 0 atom stereocenters. The van der Waals surface area contributed by atoms with E-state index in [1.807, 2.05) is 16.8 Å². The smallest absolute Gasteiger partial charge is 0.418 e. The average molecular weight is 408 g/mol. The van der Waals surface area contributed by atoms with E-state index < -0.39 is 13.2 Å². The number of halogens is 4. The minimum Gasteiger partial charge on any atom is -0.418 e. The lowest BCUT2D eigenvalue weighted by molar-refractivity contribution is -0.732. The zero-order chi connectivity index (χ0) is 21.3. The second kappa shape index (κ2) is 16.3. The van der Waals surface area contributed by atoms with E-state index in [1.165, 1.54) is 57.8 Å². The van der Waals surface area contributed by atoms with Gasteiger partial charge in [-0.1, -0.05) is 64.7 Å². The molecule has 0 aliphatic carbocycles. The molecule has 1 aromatic rings. The number of unbranched alkanes of at least 4 members (excludes halogenated alkanes) is 9. The van der Waals surface area contributed by atoms with Crippen molar-refractivity contribution in [2.45, 2.75) is 77.9 Å². The Bertz CT molecular complexity index is 525. The molecule has 28 heavy (non-hydrogen) atoms. The summed E-state index contributed by atoms with van der Waals surface area (Å²) in [5, 5.41) is 0. The maximum absolute atomic E-state index is 11.1. The molecule has 1 heterocycles. The Morgan fingerprint density at radius 2 is 1.50 bits per heavy atom. The van der Waals surface area contributed by atoms with Gasteiger partial charge in [-0.3, -0.25) is 4.79 Å². The molecule has 162 valence electrons. The number of nitrogens with two attached hydrogens (primary N) is 1. The Morgan fingerprint density at radius 1 is 1.00 bits per heavy atom. The van der Waals surface area contributed by atoms with Crippen molar-refractivity contribution in [1.29, 1.82) is 0 Å². The van der Waals surface area contributed by atoms with Gasteiger partial charge < -0.3 is 27.7 Å². The average Bonchev–Trinajstić information content (AvgIpc) is 2.61. The van der Waals surface area contributed by atoms with E-state index in [4.69, 9.17) is 10.5 Å². The van der Waals surface area contributed by atoms with Crippen LogP contribution < -0.4 is 10.3 Å². The number of amides is 1. The van der Waals surface area contributed by atoms with Crippen LogP contribution in [0, 0.1) is 0 Å². The lowest BCUT2D eigenvalue weighted by Gasteiger charge is -2.03. The van der Waals surface area contributed by atoms with Gasteiger partial charge in [0.1, 0.15) is 5.56 Å². The molecule has 0 aliphatic rings. The van der Waals surface area contributed by atoms with E-state index in [9.17, 15) is 22.1 Å². The molecule has 0 aromatic carbocycles. The summed E-state index contributed by atoms with van der Waals surface area (Å²) < 4.78 is 46.5. The summed E-state index contributed by atoms with van der Waals surface area (Å²) in [5.41, 5.74) is 5.77. The first kappa shape index (κ1) is 26.4. The summed E-state index contributed by atoms with van der Waals surface area (Å²) >= 11 is 0. The van der Waals surface area contributed by atoms with Crippen molar-refractivity contribution in [3.8, 4) is 0 Å². The van der Waals surface area contributed by atoms with Crippen LogP contribution in [0.4, 0.5) is 17.3 Å². The summed E-state index contributed by atoms with van der Waals surface area (Å²) in [5.74, 6) is -0.408. The van der Waals surface area contributed by atoms with Crippen LogP contribution in [0.3, 0.4) is 0 Å². The molecule has 2 N–H and O–H groups in total. The molecule has 0 bridgehead atoms. The van der Waals surface area contributed by atoms with Crippen molar-refractivity contribution in [2.75, 3.05) is 6.61 Å². The van der Waals surface area contributed by atoms with Crippen molar-refractivity contribution < 1.29 is 31.4 Å². The molecule has 9 heteroatoms. The number of aromatic nitrogens is 1. The zero-order valence-corrected chi connectivity index (χ0v) is 16.7. The van der Waals surface area contributed by atoms with E-state index in [1.54, 1.807) is 12.3 Å². The Morgan fingerprint density at radius 3 is 2.00 bits per heavy atom. The van der Waals surface area contributed by atoms with Gasteiger partial charge in [0.2, 0.25) is 0 Å². The standard InChI is InChI=1S/C19H32N2O2.BF4/c1-2-3-4-5-6-7-8-9-10-11-15-23-17-21-14-12-13-18(16-21)19(20)22;2-1(3,4)5/h12-14,16H,2-11,15,17H2,1H3,(H-,20,22);/q;-1/p+1. The highest BCUT2D eigenvalue weighted by atomic mass is 19.5. The molecule has 0 spiro atoms. The van der Waals surface area contributed by atoms with Crippen LogP contribution in [0.25, 0.3) is 0 Å². The third-order valence-corrected chi connectivity index (χ3v) is 4.03. The highest BCUT2D eigenvalue weighted by Gasteiger charge is 2.20. The monoisotopic (exact) mass is 408 g/mol. The number of primary amides is 1. The lowest BCUT2D eigenvalue weighted by Crippen LogP contribution is -2.36. The molecule has 0 radical (unpaired) electrons. The molecule has 0 aliphatic heterocycles. The Kier molecular flexibility index (Phi) is 15.4. The third kappa shape index (κ3) is 19.1. The molecular weight excluding hydrogens is 375 g/mol. The van der Waals surface area contributed by atoms with Crippen LogP contribution in [-0.2, 0) is 11.5 Å². The van der Waals surface area contributed by atoms with E-state index >= 15 is 0 Å². The van der Waals surface area contributed by atoms with Crippen molar-refractivity contribution in [3.05, 3.63) is 30.1 Å². The van der Waals surface area contributed by atoms with Gasteiger partial charge in [-0.2, -0.15) is 4.57 Å². The van der Waals surface area contributed by atoms with Gasteiger partial charge in [0, 0.05) is 6.07 Å². The van der Waals surface area contributed by atoms with E-state index in [0.29, 0.717) is 12.3 Å². The second-order valence-electron chi connectivity index (χ2n) is 6.69. The topological polar surface area (TPSA) is 56.2 Å². The SMILES string of the molecule is CCCCCCCCCCCCOC[n+]1cccc(C(N)=O)c1.F[B-](F)(F)F. The van der Waals surface area contributed by atoms with Crippen LogP contribution in [0.15, 0.2) is 24.5 Å². The number of hydrogen-bond acceptors (Lipinski definition) is 2. The van der Waals surface area contributed by atoms with Crippen LogP contribution in [0.2, 0.25) is 0 Å². The number of nitrogens with zero attached hydrogens (tertiary/aromatic N) is 1. The molecule has 1 rings (SSSR count).